The Balaban J connectivity index is 1.69. The van der Waals surface area contributed by atoms with Crippen LogP contribution in [0.4, 0.5) is 0 Å². The molecule has 0 bridgehead atoms. The lowest BCUT2D eigenvalue weighted by atomic mass is 10.3. The van der Waals surface area contributed by atoms with Crippen LogP contribution in [0.25, 0.3) is 16.7 Å². The third-order valence-electron chi connectivity index (χ3n) is 3.92. The second-order valence-electron chi connectivity index (χ2n) is 5.73. The summed E-state index contributed by atoms with van der Waals surface area (Å²) in [6.45, 7) is 1.89. The van der Waals surface area contributed by atoms with Gasteiger partial charge in [0.05, 0.1) is 12.8 Å². The molecule has 10 heteroatoms. The molecule has 0 saturated heterocycles. The van der Waals surface area contributed by atoms with Gasteiger partial charge in [-0.25, -0.2) is 4.68 Å². The number of H-pyrrole nitrogens is 2. The number of methoxy groups -OCH3 is 1. The first-order valence-electron chi connectivity index (χ1n) is 7.99. The molecule has 0 aliphatic rings. The molecule has 3 aromatic heterocycles. The Morgan fingerprint density at radius 2 is 2.00 bits per heavy atom. The fourth-order valence-corrected chi connectivity index (χ4v) is 4.37. The number of benzene rings is 1. The van der Waals surface area contributed by atoms with Crippen LogP contribution in [0, 0.1) is 6.92 Å². The van der Waals surface area contributed by atoms with Crippen LogP contribution in [0.2, 0.25) is 0 Å². The quantitative estimate of drug-likeness (QED) is 0.498. The molecule has 0 aliphatic heterocycles. The first-order valence-corrected chi connectivity index (χ1v) is 9.79. The molecule has 4 aromatic rings. The van der Waals surface area contributed by atoms with Crippen LogP contribution in [-0.4, -0.2) is 32.1 Å². The summed E-state index contributed by atoms with van der Waals surface area (Å²) in [5, 5.41) is 12.0. The first-order chi connectivity index (χ1) is 13.0. The Morgan fingerprint density at radius 1 is 1.22 bits per heavy atom. The normalized spacial score (nSPS) is 11.2. The van der Waals surface area contributed by atoms with Crippen molar-refractivity contribution >= 4 is 34.1 Å². The van der Waals surface area contributed by atoms with Crippen molar-refractivity contribution in [2.24, 2.45) is 0 Å². The van der Waals surface area contributed by atoms with Crippen LogP contribution in [0.3, 0.4) is 0 Å². The minimum absolute atomic E-state index is 0.103. The molecule has 4 rings (SSSR count). The van der Waals surface area contributed by atoms with Gasteiger partial charge in [-0.05, 0) is 31.2 Å². The van der Waals surface area contributed by atoms with E-state index in [9.17, 15) is 9.59 Å². The molecular formula is C17H15N5O3S2. The number of aryl methyl sites for hydroxylation is 1. The van der Waals surface area contributed by atoms with E-state index >= 15 is 0 Å². The van der Waals surface area contributed by atoms with E-state index in [-0.39, 0.29) is 10.8 Å². The van der Waals surface area contributed by atoms with Crippen LogP contribution in [0.15, 0.2) is 44.3 Å². The Hall–Kier alpha value is -2.85. The minimum atomic E-state index is -0.393. The van der Waals surface area contributed by atoms with Gasteiger partial charge in [0, 0.05) is 17.5 Å². The maximum atomic E-state index is 12.7. The van der Waals surface area contributed by atoms with Crippen molar-refractivity contribution in [2.75, 3.05) is 7.11 Å². The van der Waals surface area contributed by atoms with Gasteiger partial charge in [0.15, 0.2) is 9.77 Å². The van der Waals surface area contributed by atoms with Crippen molar-refractivity contribution in [1.82, 2.24) is 25.0 Å². The maximum absolute atomic E-state index is 12.7. The molecule has 0 fully saturated rings. The highest BCUT2D eigenvalue weighted by Crippen LogP contribution is 2.25. The van der Waals surface area contributed by atoms with Crippen molar-refractivity contribution in [2.45, 2.75) is 17.0 Å². The Morgan fingerprint density at radius 3 is 2.67 bits per heavy atom. The van der Waals surface area contributed by atoms with E-state index < -0.39 is 5.56 Å². The number of thioether (sulfide) groups is 1. The maximum Gasteiger partial charge on any atom is 0.284 e. The topological polar surface area (TPSA) is 106 Å². The molecule has 3 heterocycles. The molecule has 0 radical (unpaired) electrons. The number of nitrogens with zero attached hydrogens (tertiary/aromatic N) is 3. The number of aromatic nitrogens is 5. The van der Waals surface area contributed by atoms with Crippen LogP contribution in [0.5, 0.6) is 5.75 Å². The summed E-state index contributed by atoms with van der Waals surface area (Å²) in [6, 6.07) is 8.45. The Kier molecular flexibility index (Phi) is 4.58. The Labute approximate surface area is 161 Å². The molecule has 0 spiro atoms. The average molecular weight is 401 g/mol. The van der Waals surface area contributed by atoms with Gasteiger partial charge in [-0.2, -0.15) is 0 Å². The highest BCUT2D eigenvalue weighted by atomic mass is 32.2. The number of fused-ring (bicyclic) bond motifs is 1. The molecule has 0 unspecified atom stereocenters. The summed E-state index contributed by atoms with van der Waals surface area (Å²) >= 11 is 2.98. The molecular weight excluding hydrogens is 386 g/mol. The number of pyridine rings is 1. The number of hydrogen-bond acceptors (Lipinski definition) is 7. The summed E-state index contributed by atoms with van der Waals surface area (Å²) in [4.78, 5) is 28.3. The molecule has 27 heavy (non-hydrogen) atoms. The second kappa shape index (κ2) is 7.05. The Bertz CT molecular complexity index is 1220. The third kappa shape index (κ3) is 3.40. The van der Waals surface area contributed by atoms with E-state index in [0.717, 1.165) is 9.35 Å². The highest BCUT2D eigenvalue weighted by Gasteiger charge is 2.14. The zero-order valence-corrected chi connectivity index (χ0v) is 16.1. The van der Waals surface area contributed by atoms with Gasteiger partial charge in [0.2, 0.25) is 0 Å². The zero-order valence-electron chi connectivity index (χ0n) is 14.5. The number of nitrogens with one attached hydrogen (secondary N) is 2. The van der Waals surface area contributed by atoms with E-state index in [1.807, 2.05) is 6.92 Å². The van der Waals surface area contributed by atoms with Crippen LogP contribution in [-0.2, 0) is 5.75 Å². The summed E-state index contributed by atoms with van der Waals surface area (Å²) in [5.41, 5.74) is 1.00. The minimum Gasteiger partial charge on any atom is -0.497 e. The van der Waals surface area contributed by atoms with E-state index in [4.69, 9.17) is 4.74 Å². The number of hydrogen-bond donors (Lipinski definition) is 2. The first kappa shape index (κ1) is 17.6. The van der Waals surface area contributed by atoms with Crippen molar-refractivity contribution in [3.05, 3.63) is 61.6 Å². The second-order valence-corrected chi connectivity index (χ2v) is 8.14. The molecule has 0 amide bonds. The van der Waals surface area contributed by atoms with E-state index in [1.54, 1.807) is 31.4 Å². The standard InChI is InChI=1S/C17H15N5O3S2/c1-9-19-20-17(27-9)26-8-10-7-13(23)14-15(18-10)21-22(16(14)24)11-3-5-12(25-2)6-4-11/h3-7H,8H2,1-2H3,(H2,18,21,23). The third-order valence-corrected chi connectivity index (χ3v) is 5.94. The van der Waals surface area contributed by atoms with Gasteiger partial charge in [-0.1, -0.05) is 23.1 Å². The van der Waals surface area contributed by atoms with Gasteiger partial charge in [0.1, 0.15) is 21.8 Å². The summed E-state index contributed by atoms with van der Waals surface area (Å²) in [5.74, 6) is 1.21. The van der Waals surface area contributed by atoms with E-state index in [1.165, 1.54) is 33.8 Å². The van der Waals surface area contributed by atoms with Gasteiger partial charge in [-0.3, -0.25) is 14.7 Å². The largest absolute Gasteiger partial charge is 0.497 e. The number of ether oxygens (including phenoxy) is 1. The molecule has 8 nitrogen and oxygen atoms in total. The smallest absolute Gasteiger partial charge is 0.284 e. The van der Waals surface area contributed by atoms with Crippen molar-refractivity contribution in [3.8, 4) is 11.4 Å². The molecule has 0 saturated carbocycles. The van der Waals surface area contributed by atoms with Crippen LogP contribution < -0.4 is 15.7 Å². The SMILES string of the molecule is COc1ccc(-n2[nH]c3[nH]c(CSc4nnc(C)s4)cc(=O)c3c2=O)cc1. The van der Waals surface area contributed by atoms with E-state index in [2.05, 4.69) is 20.3 Å². The van der Waals surface area contributed by atoms with Gasteiger partial charge in [0.25, 0.3) is 5.56 Å². The van der Waals surface area contributed by atoms with Crippen molar-refractivity contribution < 1.29 is 4.74 Å². The van der Waals surface area contributed by atoms with Gasteiger partial charge < -0.3 is 9.72 Å². The molecule has 138 valence electrons. The summed E-state index contributed by atoms with van der Waals surface area (Å²) in [6.07, 6.45) is 0. The predicted molar refractivity (Wildman–Crippen MR) is 105 cm³/mol. The molecule has 0 aliphatic carbocycles. The number of rotatable bonds is 5. The lowest BCUT2D eigenvalue weighted by Gasteiger charge is -2.03. The lowest BCUT2D eigenvalue weighted by Crippen LogP contribution is -2.18. The van der Waals surface area contributed by atoms with Gasteiger partial charge in [-0.15, -0.1) is 10.2 Å². The predicted octanol–water partition coefficient (Wildman–Crippen LogP) is 2.47. The van der Waals surface area contributed by atoms with Crippen molar-refractivity contribution in [3.63, 3.8) is 0 Å². The zero-order chi connectivity index (χ0) is 19.0. The lowest BCUT2D eigenvalue weighted by molar-refractivity contribution is 0.414. The van der Waals surface area contributed by atoms with Crippen molar-refractivity contribution in [1.29, 1.82) is 0 Å². The monoisotopic (exact) mass is 401 g/mol. The fourth-order valence-electron chi connectivity index (χ4n) is 2.65. The highest BCUT2D eigenvalue weighted by molar-refractivity contribution is 8.00. The molecule has 0 atom stereocenters. The molecule has 2 N–H and O–H groups in total. The summed E-state index contributed by atoms with van der Waals surface area (Å²) in [7, 11) is 1.57. The number of aromatic amines is 2. The molecule has 1 aromatic carbocycles. The van der Waals surface area contributed by atoms with Gasteiger partial charge >= 0.3 is 0 Å². The van der Waals surface area contributed by atoms with Crippen LogP contribution >= 0.6 is 23.1 Å². The average Bonchev–Trinajstić information content (AvgIpc) is 3.23. The summed E-state index contributed by atoms with van der Waals surface area (Å²) < 4.78 is 7.30. The van der Waals surface area contributed by atoms with E-state index in [0.29, 0.717) is 28.5 Å². The fraction of sp³-hybridized carbons (Fsp3) is 0.176. The van der Waals surface area contributed by atoms with Crippen LogP contribution in [0.1, 0.15) is 10.7 Å².